The molecule has 4 nitrogen and oxygen atoms in total. The lowest BCUT2D eigenvalue weighted by Gasteiger charge is -2.23. The van der Waals surface area contributed by atoms with Gasteiger partial charge in [-0.3, -0.25) is 4.79 Å². The monoisotopic (exact) mass is 282 g/mol. The van der Waals surface area contributed by atoms with Gasteiger partial charge in [-0.2, -0.15) is 11.3 Å². The van der Waals surface area contributed by atoms with Crippen LogP contribution in [-0.2, 0) is 16.1 Å². The van der Waals surface area contributed by atoms with Crippen LogP contribution in [0, 0.1) is 0 Å². The van der Waals surface area contributed by atoms with Crippen molar-refractivity contribution in [3.05, 3.63) is 22.4 Å². The van der Waals surface area contributed by atoms with Crippen molar-refractivity contribution in [2.75, 3.05) is 26.7 Å². The number of carbonyl (C=O) groups excluding carboxylic acids is 1. The van der Waals surface area contributed by atoms with Gasteiger partial charge in [0.25, 0.3) is 0 Å². The predicted octanol–water partition coefficient (Wildman–Crippen LogP) is 1.87. The van der Waals surface area contributed by atoms with E-state index in [0.29, 0.717) is 25.7 Å². The summed E-state index contributed by atoms with van der Waals surface area (Å²) in [6.07, 6.45) is 2.92. The summed E-state index contributed by atoms with van der Waals surface area (Å²) in [6.45, 7) is 3.28. The van der Waals surface area contributed by atoms with Crippen LogP contribution in [0.1, 0.15) is 24.8 Å². The molecule has 1 saturated heterocycles. The molecule has 1 N–H and O–H groups in total. The van der Waals surface area contributed by atoms with Gasteiger partial charge in [-0.1, -0.05) is 0 Å². The number of hydrogen-bond donors (Lipinski definition) is 1. The maximum atomic E-state index is 11.9. The average Bonchev–Trinajstić information content (AvgIpc) is 2.92. The molecule has 0 radical (unpaired) electrons. The number of nitrogens with zero attached hydrogens (tertiary/aromatic N) is 1. The second-order valence-electron chi connectivity index (χ2n) is 4.95. The zero-order valence-electron chi connectivity index (χ0n) is 11.4. The van der Waals surface area contributed by atoms with Gasteiger partial charge >= 0.3 is 0 Å². The number of piperidine rings is 1. The first-order valence-corrected chi connectivity index (χ1v) is 7.77. The highest BCUT2D eigenvalue weighted by molar-refractivity contribution is 7.07. The number of nitrogens with one attached hydrogen (secondary N) is 1. The average molecular weight is 282 g/mol. The molecule has 5 heteroatoms. The largest absolute Gasteiger partial charge is 0.378 e. The lowest BCUT2D eigenvalue weighted by Crippen LogP contribution is -2.33. The summed E-state index contributed by atoms with van der Waals surface area (Å²) in [7, 11) is 1.85. The molecule has 1 aromatic rings. The van der Waals surface area contributed by atoms with Gasteiger partial charge in [0.1, 0.15) is 0 Å². The molecule has 0 unspecified atom stereocenters. The summed E-state index contributed by atoms with van der Waals surface area (Å²) in [5, 5.41) is 7.42. The first-order chi connectivity index (χ1) is 9.25. The van der Waals surface area contributed by atoms with E-state index in [1.807, 2.05) is 12.4 Å². The van der Waals surface area contributed by atoms with Gasteiger partial charge in [-0.25, -0.2) is 0 Å². The van der Waals surface area contributed by atoms with Crippen LogP contribution in [0.15, 0.2) is 16.8 Å². The molecule has 2 heterocycles. The molecule has 1 amide bonds. The Balaban J connectivity index is 1.63. The van der Waals surface area contributed by atoms with Gasteiger partial charge in [0, 0.05) is 13.6 Å². The summed E-state index contributed by atoms with van der Waals surface area (Å²) in [5.74, 6) is 0.153. The fourth-order valence-corrected chi connectivity index (χ4v) is 2.87. The minimum Gasteiger partial charge on any atom is -0.378 e. The Labute approximate surface area is 118 Å². The van der Waals surface area contributed by atoms with Gasteiger partial charge in [-0.05, 0) is 48.3 Å². The molecule has 0 aromatic carbocycles. The second kappa shape index (κ2) is 7.62. The molecule has 1 aliphatic rings. The maximum absolute atomic E-state index is 11.9. The van der Waals surface area contributed by atoms with Crippen LogP contribution < -0.4 is 5.32 Å². The molecule has 1 fully saturated rings. The standard InChI is InChI=1S/C14H22N2O2S/c1-16(10-12-5-9-19-11-12)14(17)4-8-18-13-2-6-15-7-3-13/h5,9,11,13,15H,2-4,6-8,10H2,1H3. The van der Waals surface area contributed by atoms with E-state index in [9.17, 15) is 4.79 Å². The first-order valence-electron chi connectivity index (χ1n) is 6.83. The molecular formula is C14H22N2O2S. The molecule has 2 rings (SSSR count). The van der Waals surface area contributed by atoms with E-state index >= 15 is 0 Å². The van der Waals surface area contributed by atoms with Crippen molar-refractivity contribution in [3.8, 4) is 0 Å². The molecule has 19 heavy (non-hydrogen) atoms. The zero-order chi connectivity index (χ0) is 13.5. The van der Waals surface area contributed by atoms with E-state index in [1.54, 1.807) is 16.2 Å². The minimum absolute atomic E-state index is 0.153. The van der Waals surface area contributed by atoms with Crippen molar-refractivity contribution in [2.24, 2.45) is 0 Å². The predicted molar refractivity (Wildman–Crippen MR) is 77.3 cm³/mol. The van der Waals surface area contributed by atoms with Gasteiger partial charge in [0.2, 0.25) is 5.91 Å². The lowest BCUT2D eigenvalue weighted by atomic mass is 10.1. The Bertz CT molecular complexity index is 375. The van der Waals surface area contributed by atoms with Gasteiger partial charge < -0.3 is 15.0 Å². The summed E-state index contributed by atoms with van der Waals surface area (Å²) in [4.78, 5) is 13.7. The van der Waals surface area contributed by atoms with Crippen molar-refractivity contribution in [1.82, 2.24) is 10.2 Å². The summed E-state index contributed by atoms with van der Waals surface area (Å²) < 4.78 is 5.75. The smallest absolute Gasteiger partial charge is 0.224 e. The highest BCUT2D eigenvalue weighted by Gasteiger charge is 2.15. The SMILES string of the molecule is CN(Cc1ccsc1)C(=O)CCOC1CCNCC1. The summed E-state index contributed by atoms with van der Waals surface area (Å²) in [6, 6.07) is 2.06. The molecule has 0 aliphatic carbocycles. The third kappa shape index (κ3) is 4.93. The Morgan fingerprint density at radius 1 is 1.53 bits per heavy atom. The summed E-state index contributed by atoms with van der Waals surface area (Å²) >= 11 is 1.66. The van der Waals surface area contributed by atoms with Crippen molar-refractivity contribution in [3.63, 3.8) is 0 Å². The second-order valence-corrected chi connectivity index (χ2v) is 5.73. The molecule has 0 bridgehead atoms. The van der Waals surface area contributed by atoms with Crippen molar-refractivity contribution >= 4 is 17.2 Å². The Morgan fingerprint density at radius 2 is 2.32 bits per heavy atom. The molecular weight excluding hydrogens is 260 g/mol. The number of amides is 1. The lowest BCUT2D eigenvalue weighted by molar-refractivity contribution is -0.132. The van der Waals surface area contributed by atoms with E-state index in [-0.39, 0.29) is 5.91 Å². The van der Waals surface area contributed by atoms with E-state index in [1.165, 1.54) is 5.56 Å². The van der Waals surface area contributed by atoms with Crippen LogP contribution in [0.2, 0.25) is 0 Å². The highest BCUT2D eigenvalue weighted by Crippen LogP contribution is 2.10. The van der Waals surface area contributed by atoms with E-state index < -0.39 is 0 Å². The van der Waals surface area contributed by atoms with Crippen LogP contribution in [0.4, 0.5) is 0 Å². The first kappa shape index (κ1) is 14.5. The van der Waals surface area contributed by atoms with Crippen LogP contribution in [0.3, 0.4) is 0 Å². The van der Waals surface area contributed by atoms with Crippen molar-refractivity contribution in [1.29, 1.82) is 0 Å². The number of rotatable bonds is 6. The number of ether oxygens (including phenoxy) is 1. The van der Waals surface area contributed by atoms with E-state index in [2.05, 4.69) is 16.8 Å². The van der Waals surface area contributed by atoms with Gasteiger partial charge in [-0.15, -0.1) is 0 Å². The zero-order valence-corrected chi connectivity index (χ0v) is 12.2. The van der Waals surface area contributed by atoms with E-state index in [0.717, 1.165) is 25.9 Å². The van der Waals surface area contributed by atoms with Crippen LogP contribution in [0.5, 0.6) is 0 Å². The molecule has 0 spiro atoms. The highest BCUT2D eigenvalue weighted by atomic mass is 32.1. The van der Waals surface area contributed by atoms with Crippen LogP contribution in [-0.4, -0.2) is 43.7 Å². The fraction of sp³-hybridized carbons (Fsp3) is 0.643. The van der Waals surface area contributed by atoms with Gasteiger partial charge in [0.05, 0.1) is 19.1 Å². The fourth-order valence-electron chi connectivity index (χ4n) is 2.21. The van der Waals surface area contributed by atoms with Crippen LogP contribution in [0.25, 0.3) is 0 Å². The number of thiophene rings is 1. The minimum atomic E-state index is 0.153. The molecule has 1 aromatic heterocycles. The number of hydrogen-bond acceptors (Lipinski definition) is 4. The molecule has 1 aliphatic heterocycles. The quantitative estimate of drug-likeness (QED) is 0.866. The molecule has 106 valence electrons. The van der Waals surface area contributed by atoms with Crippen LogP contribution >= 0.6 is 11.3 Å². The Hall–Kier alpha value is -0.910. The van der Waals surface area contributed by atoms with Crippen molar-refractivity contribution < 1.29 is 9.53 Å². The Kier molecular flexibility index (Phi) is 5.82. The Morgan fingerprint density at radius 3 is 3.00 bits per heavy atom. The normalized spacial score (nSPS) is 16.5. The third-order valence-electron chi connectivity index (χ3n) is 3.38. The summed E-state index contributed by atoms with van der Waals surface area (Å²) in [5.41, 5.74) is 1.19. The third-order valence-corrected chi connectivity index (χ3v) is 4.11. The molecule has 0 atom stereocenters. The van der Waals surface area contributed by atoms with E-state index in [4.69, 9.17) is 4.74 Å². The molecule has 0 saturated carbocycles. The van der Waals surface area contributed by atoms with Gasteiger partial charge in [0.15, 0.2) is 0 Å². The maximum Gasteiger partial charge on any atom is 0.224 e. The number of carbonyl (C=O) groups is 1. The topological polar surface area (TPSA) is 41.6 Å². The van der Waals surface area contributed by atoms with Crippen molar-refractivity contribution in [2.45, 2.75) is 31.9 Å².